The molecule has 1 N–H and O–H groups in total. The number of carbonyl (C=O) groups is 1. The van der Waals surface area contributed by atoms with Crippen molar-refractivity contribution in [1.29, 1.82) is 0 Å². The Kier molecular flexibility index (Phi) is 4.36. The van der Waals surface area contributed by atoms with Gasteiger partial charge in [-0.05, 0) is 43.3 Å². The topological polar surface area (TPSA) is 98.7 Å². The number of aromatic nitrogens is 3. The van der Waals surface area contributed by atoms with E-state index in [4.69, 9.17) is 9.15 Å². The molecule has 0 bridgehead atoms. The van der Waals surface area contributed by atoms with Gasteiger partial charge in [0.05, 0.1) is 13.3 Å². The Labute approximate surface area is 159 Å². The maximum atomic E-state index is 12.7. The van der Waals surface area contributed by atoms with E-state index < -0.39 is 11.5 Å². The lowest BCUT2D eigenvalue weighted by Gasteiger charge is -2.04. The van der Waals surface area contributed by atoms with Gasteiger partial charge in [0.15, 0.2) is 0 Å². The summed E-state index contributed by atoms with van der Waals surface area (Å²) in [6.07, 6.45) is 1.26. The van der Waals surface area contributed by atoms with Gasteiger partial charge in [-0.3, -0.25) is 9.59 Å². The highest BCUT2D eigenvalue weighted by Crippen LogP contribution is 2.21. The zero-order chi connectivity index (χ0) is 19.7. The van der Waals surface area contributed by atoms with Crippen LogP contribution in [0.15, 0.2) is 63.9 Å². The third-order valence-corrected chi connectivity index (χ3v) is 4.19. The van der Waals surface area contributed by atoms with Crippen molar-refractivity contribution in [3.63, 3.8) is 0 Å². The lowest BCUT2D eigenvalue weighted by Crippen LogP contribution is -2.23. The van der Waals surface area contributed by atoms with Gasteiger partial charge in [-0.15, -0.1) is 9.61 Å². The fourth-order valence-corrected chi connectivity index (χ4v) is 2.62. The fraction of sp³-hybridized carbons (Fsp3) is 0.100. The van der Waals surface area contributed by atoms with Gasteiger partial charge in [-0.25, -0.2) is 4.98 Å². The molecule has 0 radical (unpaired) electrons. The minimum absolute atomic E-state index is 0.0117. The summed E-state index contributed by atoms with van der Waals surface area (Å²) >= 11 is 0. The summed E-state index contributed by atoms with van der Waals surface area (Å²) in [7, 11) is 1.57. The van der Waals surface area contributed by atoms with Gasteiger partial charge >= 0.3 is 11.4 Å². The molecule has 0 saturated carbocycles. The first kappa shape index (κ1) is 17.5. The maximum absolute atomic E-state index is 12.7. The van der Waals surface area contributed by atoms with E-state index >= 15 is 0 Å². The number of nitrogens with one attached hydrogen (secondary N) is 1. The standard InChI is InChI=1S/C20H16N4O4/c1-12-3-5-13(6-4-12)17(25)22-16-11-21-20-24(19(16)26)23-18(28-20)14-7-9-15(27-2)10-8-14/h3-11H,1-2H3,(H,22,25). The summed E-state index contributed by atoms with van der Waals surface area (Å²) < 4.78 is 11.7. The average molecular weight is 376 g/mol. The number of ether oxygens (including phenoxy) is 1. The average Bonchev–Trinajstić information content (AvgIpc) is 3.16. The number of fused-ring (bicyclic) bond motifs is 1. The zero-order valence-electron chi connectivity index (χ0n) is 15.2. The van der Waals surface area contributed by atoms with Gasteiger partial charge in [-0.1, -0.05) is 17.7 Å². The number of amides is 1. The number of benzene rings is 2. The van der Waals surface area contributed by atoms with E-state index in [9.17, 15) is 9.59 Å². The van der Waals surface area contributed by atoms with Crippen molar-refractivity contribution in [2.75, 3.05) is 12.4 Å². The van der Waals surface area contributed by atoms with Crippen LogP contribution in [0.25, 0.3) is 17.3 Å². The van der Waals surface area contributed by atoms with Crippen LogP contribution >= 0.6 is 0 Å². The van der Waals surface area contributed by atoms with Gasteiger partial charge in [0.2, 0.25) is 5.89 Å². The Balaban J connectivity index is 1.65. The predicted octanol–water partition coefficient (Wildman–Crippen LogP) is 2.92. The van der Waals surface area contributed by atoms with Gasteiger partial charge in [-0.2, -0.15) is 0 Å². The van der Waals surface area contributed by atoms with Crippen LogP contribution in [0.4, 0.5) is 5.69 Å². The number of anilines is 1. The number of rotatable bonds is 4. The highest BCUT2D eigenvalue weighted by atomic mass is 16.5. The Morgan fingerprint density at radius 1 is 1.11 bits per heavy atom. The quantitative estimate of drug-likeness (QED) is 0.588. The smallest absolute Gasteiger partial charge is 0.328 e. The largest absolute Gasteiger partial charge is 0.497 e. The monoisotopic (exact) mass is 376 g/mol. The molecule has 0 aliphatic carbocycles. The minimum atomic E-state index is -0.533. The van der Waals surface area contributed by atoms with Crippen molar-refractivity contribution in [1.82, 2.24) is 14.6 Å². The van der Waals surface area contributed by atoms with E-state index in [2.05, 4.69) is 15.4 Å². The van der Waals surface area contributed by atoms with Gasteiger partial charge < -0.3 is 14.5 Å². The third-order valence-electron chi connectivity index (χ3n) is 4.19. The molecule has 0 aliphatic heterocycles. The van der Waals surface area contributed by atoms with Crippen LogP contribution in [-0.4, -0.2) is 27.6 Å². The number of hydrogen-bond donors (Lipinski definition) is 1. The summed E-state index contributed by atoms with van der Waals surface area (Å²) in [5.74, 6) is 0.549. The van der Waals surface area contributed by atoms with Crippen LogP contribution in [0.3, 0.4) is 0 Å². The Morgan fingerprint density at radius 2 is 1.82 bits per heavy atom. The second kappa shape index (κ2) is 6.99. The second-order valence-corrected chi connectivity index (χ2v) is 6.13. The van der Waals surface area contributed by atoms with Crippen LogP contribution in [0.5, 0.6) is 5.75 Å². The summed E-state index contributed by atoms with van der Waals surface area (Å²) in [6.45, 7) is 1.93. The first-order valence-electron chi connectivity index (χ1n) is 8.46. The van der Waals surface area contributed by atoms with E-state index in [1.54, 1.807) is 43.5 Å². The maximum Gasteiger partial charge on any atom is 0.328 e. The normalized spacial score (nSPS) is 10.8. The summed E-state index contributed by atoms with van der Waals surface area (Å²) in [5.41, 5.74) is 1.62. The molecule has 0 saturated heterocycles. The molecule has 0 atom stereocenters. The molecule has 4 rings (SSSR count). The van der Waals surface area contributed by atoms with Crippen LogP contribution in [0.1, 0.15) is 15.9 Å². The molecule has 2 aromatic heterocycles. The van der Waals surface area contributed by atoms with Gasteiger partial charge in [0.25, 0.3) is 5.91 Å². The van der Waals surface area contributed by atoms with E-state index in [0.717, 1.165) is 10.1 Å². The van der Waals surface area contributed by atoms with Gasteiger partial charge in [0, 0.05) is 11.1 Å². The van der Waals surface area contributed by atoms with Crippen molar-refractivity contribution in [2.45, 2.75) is 6.92 Å². The number of methoxy groups -OCH3 is 1. The van der Waals surface area contributed by atoms with Crippen molar-refractivity contribution < 1.29 is 13.9 Å². The molecule has 2 heterocycles. The highest BCUT2D eigenvalue weighted by Gasteiger charge is 2.15. The molecular weight excluding hydrogens is 360 g/mol. The molecule has 140 valence electrons. The molecule has 0 fully saturated rings. The third kappa shape index (κ3) is 3.23. The molecule has 0 unspecified atom stereocenters. The number of hydrogen-bond acceptors (Lipinski definition) is 6. The lowest BCUT2D eigenvalue weighted by atomic mass is 10.1. The van der Waals surface area contributed by atoms with Crippen molar-refractivity contribution in [3.8, 4) is 17.2 Å². The molecule has 0 spiro atoms. The number of nitrogens with zero attached hydrogens (tertiary/aromatic N) is 3. The van der Waals surface area contributed by atoms with E-state index in [0.29, 0.717) is 16.9 Å². The first-order valence-corrected chi connectivity index (χ1v) is 8.46. The minimum Gasteiger partial charge on any atom is -0.497 e. The Hall–Kier alpha value is -3.94. The molecular formula is C20H16N4O4. The van der Waals surface area contributed by atoms with Gasteiger partial charge in [0.1, 0.15) is 11.4 Å². The summed E-state index contributed by atoms with van der Waals surface area (Å²) in [5, 5.41) is 6.74. The summed E-state index contributed by atoms with van der Waals surface area (Å²) in [6, 6.07) is 14.0. The Morgan fingerprint density at radius 3 is 2.50 bits per heavy atom. The Bertz CT molecular complexity index is 1210. The second-order valence-electron chi connectivity index (χ2n) is 6.13. The predicted molar refractivity (Wildman–Crippen MR) is 103 cm³/mol. The number of carbonyl (C=O) groups excluding carboxylic acids is 1. The van der Waals surface area contributed by atoms with E-state index in [1.165, 1.54) is 6.20 Å². The SMILES string of the molecule is COc1ccc(-c2nn3c(=O)c(NC(=O)c4ccc(C)cc4)cnc3o2)cc1. The van der Waals surface area contributed by atoms with Crippen LogP contribution < -0.4 is 15.6 Å². The lowest BCUT2D eigenvalue weighted by molar-refractivity contribution is 0.102. The van der Waals surface area contributed by atoms with Crippen LogP contribution in [0, 0.1) is 6.92 Å². The van der Waals surface area contributed by atoms with Crippen molar-refractivity contribution in [2.24, 2.45) is 0 Å². The zero-order valence-corrected chi connectivity index (χ0v) is 15.2. The first-order chi connectivity index (χ1) is 13.5. The molecule has 0 aliphatic rings. The molecule has 8 heteroatoms. The molecule has 2 aromatic carbocycles. The molecule has 1 amide bonds. The van der Waals surface area contributed by atoms with Crippen molar-refractivity contribution >= 4 is 17.4 Å². The van der Waals surface area contributed by atoms with E-state index in [-0.39, 0.29) is 17.4 Å². The number of aryl methyl sites for hydroxylation is 1. The molecule has 28 heavy (non-hydrogen) atoms. The van der Waals surface area contributed by atoms with Crippen LogP contribution in [-0.2, 0) is 0 Å². The highest BCUT2D eigenvalue weighted by molar-refractivity contribution is 6.04. The van der Waals surface area contributed by atoms with Crippen LogP contribution in [0.2, 0.25) is 0 Å². The fourth-order valence-electron chi connectivity index (χ4n) is 2.62. The molecule has 8 nitrogen and oxygen atoms in total. The summed E-state index contributed by atoms with van der Waals surface area (Å²) in [4.78, 5) is 29.1. The van der Waals surface area contributed by atoms with Crippen molar-refractivity contribution in [3.05, 3.63) is 76.2 Å². The molecule has 4 aromatic rings. The van der Waals surface area contributed by atoms with E-state index in [1.807, 2.05) is 19.1 Å².